The zero-order valence-corrected chi connectivity index (χ0v) is 10.2. The summed E-state index contributed by atoms with van der Waals surface area (Å²) in [7, 11) is 0. The van der Waals surface area contributed by atoms with Crippen LogP contribution in [0.1, 0.15) is 25.0 Å². The van der Waals surface area contributed by atoms with Crippen LogP contribution in [0.2, 0.25) is 0 Å². The first kappa shape index (κ1) is 11.7. The summed E-state index contributed by atoms with van der Waals surface area (Å²) in [4.78, 5) is 13.4. The van der Waals surface area contributed by atoms with Crippen LogP contribution in [0, 0.1) is 5.92 Å². The summed E-state index contributed by atoms with van der Waals surface area (Å²) in [6.45, 7) is 5.09. The molecule has 0 saturated carbocycles. The fraction of sp³-hybridized carbons (Fsp3) is 0.357. The minimum Gasteiger partial charge on any atom is -0.449 e. The quantitative estimate of drug-likeness (QED) is 0.781. The Bertz CT molecular complexity index is 438. The van der Waals surface area contributed by atoms with Gasteiger partial charge in [-0.05, 0) is 23.1 Å². The first-order valence-electron chi connectivity index (χ1n) is 5.86. The summed E-state index contributed by atoms with van der Waals surface area (Å²) in [6, 6.07) is 8.05. The molecular weight excluding hydrogens is 214 g/mol. The van der Waals surface area contributed by atoms with Gasteiger partial charge >= 0.3 is 6.09 Å². The van der Waals surface area contributed by atoms with Gasteiger partial charge in [0.25, 0.3) is 0 Å². The van der Waals surface area contributed by atoms with Crippen molar-refractivity contribution < 1.29 is 9.53 Å². The number of nitrogens with zero attached hydrogens (tertiary/aromatic N) is 1. The van der Waals surface area contributed by atoms with Gasteiger partial charge in [-0.3, -0.25) is 4.90 Å². The fourth-order valence-electron chi connectivity index (χ4n) is 1.69. The molecule has 1 aromatic rings. The van der Waals surface area contributed by atoms with Gasteiger partial charge in [0.15, 0.2) is 0 Å². The highest BCUT2D eigenvalue weighted by atomic mass is 16.6. The minimum absolute atomic E-state index is 0.274. The predicted octanol–water partition coefficient (Wildman–Crippen LogP) is 3.27. The van der Waals surface area contributed by atoms with Crippen molar-refractivity contribution in [3.05, 3.63) is 41.6 Å². The van der Waals surface area contributed by atoms with E-state index in [1.54, 1.807) is 11.1 Å². The second-order valence-corrected chi connectivity index (χ2v) is 4.61. The molecule has 1 heterocycles. The second-order valence-electron chi connectivity index (χ2n) is 4.61. The van der Waals surface area contributed by atoms with E-state index in [0.29, 0.717) is 19.1 Å². The zero-order chi connectivity index (χ0) is 12.3. The van der Waals surface area contributed by atoms with Crippen molar-refractivity contribution in [1.82, 2.24) is 4.90 Å². The average Bonchev–Trinajstić information content (AvgIpc) is 2.35. The third-order valence-electron chi connectivity index (χ3n) is 2.60. The third kappa shape index (κ3) is 2.87. The van der Waals surface area contributed by atoms with E-state index in [1.165, 1.54) is 5.56 Å². The highest BCUT2D eigenvalue weighted by Gasteiger charge is 2.17. The molecule has 0 N–H and O–H groups in total. The van der Waals surface area contributed by atoms with Gasteiger partial charge in [-0.15, -0.1) is 0 Å². The summed E-state index contributed by atoms with van der Waals surface area (Å²) < 4.78 is 5.19. The van der Waals surface area contributed by atoms with Gasteiger partial charge in [-0.2, -0.15) is 0 Å². The van der Waals surface area contributed by atoms with E-state index in [1.807, 2.05) is 44.2 Å². The van der Waals surface area contributed by atoms with Crippen LogP contribution in [0.3, 0.4) is 0 Å². The Morgan fingerprint density at radius 2 is 2.18 bits per heavy atom. The van der Waals surface area contributed by atoms with Crippen LogP contribution in [0.5, 0.6) is 0 Å². The smallest absolute Gasteiger partial charge is 0.414 e. The molecule has 0 fully saturated rings. The van der Waals surface area contributed by atoms with Crippen molar-refractivity contribution in [1.29, 1.82) is 0 Å². The van der Waals surface area contributed by atoms with Crippen molar-refractivity contribution in [2.75, 3.05) is 6.61 Å². The van der Waals surface area contributed by atoms with E-state index in [4.69, 9.17) is 4.74 Å². The molecule has 3 nitrogen and oxygen atoms in total. The van der Waals surface area contributed by atoms with Crippen molar-refractivity contribution in [2.45, 2.75) is 20.4 Å². The normalized spacial score (nSPS) is 13.7. The summed E-state index contributed by atoms with van der Waals surface area (Å²) in [5.41, 5.74) is 2.32. The van der Waals surface area contributed by atoms with Crippen molar-refractivity contribution >= 4 is 12.2 Å². The molecule has 0 spiro atoms. The van der Waals surface area contributed by atoms with E-state index in [-0.39, 0.29) is 6.09 Å². The fourth-order valence-corrected chi connectivity index (χ4v) is 1.69. The number of hydrogen-bond acceptors (Lipinski definition) is 2. The molecule has 0 bridgehead atoms. The first-order chi connectivity index (χ1) is 8.16. The standard InChI is InChI=1S/C14H17NO2/c1-11(2)10-17-14(16)15-8-7-12-5-3-4-6-13(12)9-15/h3-8,11H,9-10H2,1-2H3. The summed E-state index contributed by atoms with van der Waals surface area (Å²) in [6.07, 6.45) is 3.45. The van der Waals surface area contributed by atoms with E-state index < -0.39 is 0 Å². The summed E-state index contributed by atoms with van der Waals surface area (Å²) in [5, 5.41) is 0. The van der Waals surface area contributed by atoms with Gasteiger partial charge in [-0.25, -0.2) is 4.79 Å². The van der Waals surface area contributed by atoms with Crippen LogP contribution in [0.25, 0.3) is 6.08 Å². The SMILES string of the molecule is CC(C)COC(=O)N1C=Cc2ccccc2C1. The van der Waals surface area contributed by atoms with Gasteiger partial charge in [0.2, 0.25) is 0 Å². The van der Waals surface area contributed by atoms with Crippen molar-refractivity contribution in [3.8, 4) is 0 Å². The molecule has 0 saturated heterocycles. The molecule has 2 rings (SSSR count). The molecule has 0 unspecified atom stereocenters. The Balaban J connectivity index is 2.00. The lowest BCUT2D eigenvalue weighted by atomic mass is 10.1. The molecule has 0 atom stereocenters. The molecule has 0 aliphatic carbocycles. The number of hydrogen-bond donors (Lipinski definition) is 0. The first-order valence-corrected chi connectivity index (χ1v) is 5.86. The lowest BCUT2D eigenvalue weighted by Gasteiger charge is -2.23. The Labute approximate surface area is 102 Å². The molecule has 3 heteroatoms. The zero-order valence-electron chi connectivity index (χ0n) is 10.2. The maximum absolute atomic E-state index is 11.8. The molecule has 1 aliphatic heterocycles. The molecular formula is C14H17NO2. The number of amides is 1. The van der Waals surface area contributed by atoms with Crippen molar-refractivity contribution in [3.63, 3.8) is 0 Å². The van der Waals surface area contributed by atoms with E-state index in [9.17, 15) is 4.79 Å². The molecule has 90 valence electrons. The van der Waals surface area contributed by atoms with E-state index in [2.05, 4.69) is 0 Å². The number of ether oxygens (including phenoxy) is 1. The number of rotatable bonds is 2. The molecule has 1 amide bonds. The topological polar surface area (TPSA) is 29.5 Å². The van der Waals surface area contributed by atoms with Crippen LogP contribution < -0.4 is 0 Å². The van der Waals surface area contributed by atoms with Crippen molar-refractivity contribution in [2.24, 2.45) is 5.92 Å². The highest BCUT2D eigenvalue weighted by molar-refractivity contribution is 5.72. The van der Waals surface area contributed by atoms with Crippen LogP contribution in [-0.2, 0) is 11.3 Å². The Morgan fingerprint density at radius 1 is 1.41 bits per heavy atom. The molecule has 0 radical (unpaired) electrons. The number of benzene rings is 1. The van der Waals surface area contributed by atoms with Crippen LogP contribution in [-0.4, -0.2) is 17.6 Å². The number of carbonyl (C=O) groups is 1. The summed E-state index contributed by atoms with van der Waals surface area (Å²) >= 11 is 0. The van der Waals surface area contributed by atoms with Gasteiger partial charge < -0.3 is 4.74 Å². The van der Waals surface area contributed by atoms with Gasteiger partial charge in [0.1, 0.15) is 0 Å². The molecule has 1 aliphatic rings. The largest absolute Gasteiger partial charge is 0.449 e. The predicted molar refractivity (Wildman–Crippen MR) is 67.2 cm³/mol. The second kappa shape index (κ2) is 5.04. The van der Waals surface area contributed by atoms with Gasteiger partial charge in [-0.1, -0.05) is 38.1 Å². The lowest BCUT2D eigenvalue weighted by Crippen LogP contribution is -2.29. The van der Waals surface area contributed by atoms with Crippen LogP contribution in [0.4, 0.5) is 4.79 Å². The highest BCUT2D eigenvalue weighted by Crippen LogP contribution is 2.19. The minimum atomic E-state index is -0.274. The Morgan fingerprint density at radius 3 is 2.94 bits per heavy atom. The summed E-state index contributed by atoms with van der Waals surface area (Å²) in [5.74, 6) is 0.361. The lowest BCUT2D eigenvalue weighted by molar-refractivity contribution is 0.104. The average molecular weight is 231 g/mol. The van der Waals surface area contributed by atoms with E-state index in [0.717, 1.165) is 5.56 Å². The molecule has 0 aromatic heterocycles. The molecule has 1 aromatic carbocycles. The Hall–Kier alpha value is -1.77. The van der Waals surface area contributed by atoms with E-state index >= 15 is 0 Å². The molecule has 17 heavy (non-hydrogen) atoms. The number of carbonyl (C=O) groups excluding carboxylic acids is 1. The third-order valence-corrected chi connectivity index (χ3v) is 2.60. The van der Waals surface area contributed by atoms with Gasteiger partial charge in [0, 0.05) is 6.20 Å². The van der Waals surface area contributed by atoms with Crippen LogP contribution in [0.15, 0.2) is 30.5 Å². The Kier molecular flexibility index (Phi) is 3.47. The van der Waals surface area contributed by atoms with Crippen LogP contribution >= 0.6 is 0 Å². The number of fused-ring (bicyclic) bond motifs is 1. The maximum atomic E-state index is 11.8. The maximum Gasteiger partial charge on any atom is 0.414 e. The van der Waals surface area contributed by atoms with Gasteiger partial charge in [0.05, 0.1) is 13.2 Å². The monoisotopic (exact) mass is 231 g/mol.